The Kier molecular flexibility index (Phi) is 4.56. The Morgan fingerprint density at radius 1 is 1.14 bits per heavy atom. The molecule has 1 aliphatic rings. The van der Waals surface area contributed by atoms with E-state index < -0.39 is 6.09 Å². The summed E-state index contributed by atoms with van der Waals surface area (Å²) in [5, 5.41) is 13.1. The van der Waals surface area contributed by atoms with Crippen LogP contribution < -0.4 is 16.0 Å². The second-order valence-corrected chi connectivity index (χ2v) is 6.72. The van der Waals surface area contributed by atoms with E-state index in [0.717, 1.165) is 22.3 Å². The van der Waals surface area contributed by atoms with Gasteiger partial charge in [0, 0.05) is 49.1 Å². The van der Waals surface area contributed by atoms with Crippen molar-refractivity contribution in [3.8, 4) is 0 Å². The lowest BCUT2D eigenvalue weighted by atomic mass is 10.2. The van der Waals surface area contributed by atoms with Crippen LogP contribution in [0.25, 0.3) is 11.0 Å². The number of aromatic nitrogens is 3. The molecule has 1 amide bonds. The summed E-state index contributed by atoms with van der Waals surface area (Å²) in [7, 11) is 0. The van der Waals surface area contributed by atoms with Crippen LogP contribution in [0.15, 0.2) is 36.5 Å². The van der Waals surface area contributed by atoms with Gasteiger partial charge < -0.3 is 26.0 Å². The first-order chi connectivity index (χ1) is 13.5. The predicted molar refractivity (Wildman–Crippen MR) is 108 cm³/mol. The van der Waals surface area contributed by atoms with E-state index in [4.69, 9.17) is 10.8 Å². The van der Waals surface area contributed by atoms with Crippen molar-refractivity contribution in [3.63, 3.8) is 0 Å². The third-order valence-electron chi connectivity index (χ3n) is 4.83. The number of nitrogens with zero attached hydrogens (tertiary/aromatic N) is 5. The highest BCUT2D eigenvalue weighted by atomic mass is 16.4. The summed E-state index contributed by atoms with van der Waals surface area (Å²) in [5.41, 5.74) is 9.26. The number of nitrogens with two attached hydrogens (primary N) is 1. The molecule has 1 saturated heterocycles. The van der Waals surface area contributed by atoms with Crippen molar-refractivity contribution in [1.82, 2.24) is 19.9 Å². The predicted octanol–water partition coefficient (Wildman–Crippen LogP) is 2.46. The standard InChI is InChI=1S/C19H21N7O2/c1-12-10-16(20)23-17-15(12)11-21-18(24-17)22-13-2-4-14(5-3-13)25-6-8-26(9-7-25)19(27)28/h2-5,10-11H,6-9H2,1H3,(H,27,28)(H3,20,21,22,23,24). The lowest BCUT2D eigenvalue weighted by molar-refractivity contribution is 0.142. The summed E-state index contributed by atoms with van der Waals surface area (Å²) >= 11 is 0. The maximum Gasteiger partial charge on any atom is 0.407 e. The van der Waals surface area contributed by atoms with E-state index >= 15 is 0 Å². The van der Waals surface area contributed by atoms with Gasteiger partial charge in [-0.15, -0.1) is 0 Å². The Bertz CT molecular complexity index is 1010. The fraction of sp³-hybridized carbons (Fsp3) is 0.263. The summed E-state index contributed by atoms with van der Waals surface area (Å²) in [6, 6.07) is 9.70. The molecule has 3 aromatic rings. The van der Waals surface area contributed by atoms with Crippen LogP contribution in [0.2, 0.25) is 0 Å². The SMILES string of the molecule is Cc1cc(N)nc2nc(Nc3ccc(N4CCN(C(=O)O)CC4)cc3)ncc12. The van der Waals surface area contributed by atoms with E-state index in [1.54, 1.807) is 12.3 Å². The van der Waals surface area contributed by atoms with Crippen LogP contribution in [-0.4, -0.2) is 57.2 Å². The normalized spacial score (nSPS) is 14.3. The van der Waals surface area contributed by atoms with E-state index in [9.17, 15) is 4.79 Å². The first-order valence-corrected chi connectivity index (χ1v) is 8.99. The van der Waals surface area contributed by atoms with Crippen LogP contribution >= 0.6 is 0 Å². The highest BCUT2D eigenvalue weighted by molar-refractivity contribution is 5.80. The molecule has 9 nitrogen and oxygen atoms in total. The van der Waals surface area contributed by atoms with Crippen molar-refractivity contribution in [3.05, 3.63) is 42.1 Å². The molecular weight excluding hydrogens is 358 g/mol. The minimum Gasteiger partial charge on any atom is -0.465 e. The average Bonchev–Trinajstić information content (AvgIpc) is 2.68. The van der Waals surface area contributed by atoms with Gasteiger partial charge >= 0.3 is 6.09 Å². The van der Waals surface area contributed by atoms with Gasteiger partial charge in [0.2, 0.25) is 5.95 Å². The molecule has 0 aliphatic carbocycles. The van der Waals surface area contributed by atoms with Crippen LogP contribution in [0.4, 0.5) is 27.9 Å². The molecule has 1 aromatic carbocycles. The van der Waals surface area contributed by atoms with Gasteiger partial charge in [-0.25, -0.2) is 14.8 Å². The number of nitrogens with one attached hydrogen (secondary N) is 1. The van der Waals surface area contributed by atoms with Gasteiger partial charge in [0.15, 0.2) is 5.65 Å². The molecule has 4 N–H and O–H groups in total. The van der Waals surface area contributed by atoms with Crippen LogP contribution in [-0.2, 0) is 0 Å². The Hall–Kier alpha value is -3.62. The van der Waals surface area contributed by atoms with Gasteiger partial charge in [-0.1, -0.05) is 0 Å². The van der Waals surface area contributed by atoms with Crippen LogP contribution in [0.3, 0.4) is 0 Å². The second kappa shape index (κ2) is 7.18. The number of carboxylic acid groups (broad SMARTS) is 1. The average molecular weight is 379 g/mol. The molecule has 0 saturated carbocycles. The number of hydrogen-bond donors (Lipinski definition) is 3. The smallest absolute Gasteiger partial charge is 0.407 e. The third-order valence-corrected chi connectivity index (χ3v) is 4.83. The molecule has 0 radical (unpaired) electrons. The highest BCUT2D eigenvalue weighted by Gasteiger charge is 2.20. The number of hydrogen-bond acceptors (Lipinski definition) is 7. The summed E-state index contributed by atoms with van der Waals surface area (Å²) in [6.07, 6.45) is 0.879. The Morgan fingerprint density at radius 2 is 1.86 bits per heavy atom. The van der Waals surface area contributed by atoms with Crippen molar-refractivity contribution < 1.29 is 9.90 Å². The van der Waals surface area contributed by atoms with Crippen molar-refractivity contribution in [1.29, 1.82) is 0 Å². The zero-order chi connectivity index (χ0) is 19.7. The molecule has 2 aromatic heterocycles. The molecule has 0 atom stereocenters. The first-order valence-electron chi connectivity index (χ1n) is 8.99. The first kappa shape index (κ1) is 17.8. The molecule has 144 valence electrons. The highest BCUT2D eigenvalue weighted by Crippen LogP contribution is 2.22. The topological polar surface area (TPSA) is 120 Å². The van der Waals surface area contributed by atoms with Crippen LogP contribution in [0, 0.1) is 6.92 Å². The van der Waals surface area contributed by atoms with Crippen molar-refractivity contribution in [2.45, 2.75) is 6.92 Å². The number of piperazine rings is 1. The third kappa shape index (κ3) is 3.59. The summed E-state index contributed by atoms with van der Waals surface area (Å²) < 4.78 is 0. The molecule has 0 bridgehead atoms. The van der Waals surface area contributed by atoms with Gasteiger partial charge in [-0.05, 0) is 42.8 Å². The number of fused-ring (bicyclic) bond motifs is 1. The maximum absolute atomic E-state index is 11.0. The quantitative estimate of drug-likeness (QED) is 0.635. The lowest BCUT2D eigenvalue weighted by Gasteiger charge is -2.34. The number of pyridine rings is 1. The summed E-state index contributed by atoms with van der Waals surface area (Å²) in [4.78, 5) is 27.7. The van der Waals surface area contributed by atoms with Gasteiger partial charge in [0.25, 0.3) is 0 Å². The monoisotopic (exact) mass is 379 g/mol. The largest absolute Gasteiger partial charge is 0.465 e. The van der Waals surface area contributed by atoms with E-state index in [1.165, 1.54) is 4.90 Å². The molecule has 1 aliphatic heterocycles. The van der Waals surface area contributed by atoms with Crippen molar-refractivity contribution >= 4 is 40.3 Å². The van der Waals surface area contributed by atoms with E-state index in [-0.39, 0.29) is 0 Å². The molecule has 28 heavy (non-hydrogen) atoms. The fourth-order valence-electron chi connectivity index (χ4n) is 3.29. The van der Waals surface area contributed by atoms with E-state index in [2.05, 4.69) is 25.2 Å². The fourth-order valence-corrected chi connectivity index (χ4v) is 3.29. The minimum atomic E-state index is -0.860. The molecule has 0 unspecified atom stereocenters. The Morgan fingerprint density at radius 3 is 2.54 bits per heavy atom. The molecule has 9 heteroatoms. The van der Waals surface area contributed by atoms with E-state index in [0.29, 0.717) is 43.6 Å². The van der Waals surface area contributed by atoms with Gasteiger partial charge in [-0.2, -0.15) is 4.98 Å². The number of benzene rings is 1. The second-order valence-electron chi connectivity index (χ2n) is 6.72. The van der Waals surface area contributed by atoms with E-state index in [1.807, 2.05) is 31.2 Å². The zero-order valence-electron chi connectivity index (χ0n) is 15.5. The number of amides is 1. The molecule has 4 rings (SSSR count). The zero-order valence-corrected chi connectivity index (χ0v) is 15.5. The maximum atomic E-state index is 11.0. The minimum absolute atomic E-state index is 0.432. The summed E-state index contributed by atoms with van der Waals surface area (Å²) in [5.74, 6) is 0.884. The van der Waals surface area contributed by atoms with Crippen LogP contribution in [0.1, 0.15) is 5.56 Å². The number of aryl methyl sites for hydroxylation is 1. The van der Waals surface area contributed by atoms with Gasteiger partial charge in [0.1, 0.15) is 5.82 Å². The number of rotatable bonds is 3. The van der Waals surface area contributed by atoms with Gasteiger partial charge in [-0.3, -0.25) is 0 Å². The van der Waals surface area contributed by atoms with Crippen molar-refractivity contribution in [2.24, 2.45) is 0 Å². The Balaban J connectivity index is 1.46. The molecule has 3 heterocycles. The van der Waals surface area contributed by atoms with Gasteiger partial charge in [0.05, 0.1) is 0 Å². The number of nitrogen functional groups attached to an aromatic ring is 1. The number of anilines is 4. The Labute approximate surface area is 161 Å². The number of carbonyl (C=O) groups is 1. The molecule has 1 fully saturated rings. The molecular formula is C19H21N7O2. The van der Waals surface area contributed by atoms with Crippen molar-refractivity contribution in [2.75, 3.05) is 42.1 Å². The molecule has 0 spiro atoms. The summed E-state index contributed by atoms with van der Waals surface area (Å²) in [6.45, 7) is 4.33. The van der Waals surface area contributed by atoms with Crippen LogP contribution in [0.5, 0.6) is 0 Å². The lowest BCUT2D eigenvalue weighted by Crippen LogP contribution is -2.48.